The van der Waals surface area contributed by atoms with Gasteiger partial charge in [0.05, 0.1) is 27.5 Å². The van der Waals surface area contributed by atoms with Crippen LogP contribution in [0.3, 0.4) is 0 Å². The Bertz CT molecular complexity index is 1200. The molecule has 10 heteroatoms. The summed E-state index contributed by atoms with van der Waals surface area (Å²) in [6, 6.07) is 14.9. The van der Waals surface area contributed by atoms with Crippen LogP contribution in [-0.4, -0.2) is 14.6 Å². The van der Waals surface area contributed by atoms with Crippen LogP contribution in [0, 0.1) is 5.82 Å². The normalized spacial score (nSPS) is 13.6. The van der Waals surface area contributed by atoms with E-state index in [9.17, 15) is 17.6 Å². The van der Waals surface area contributed by atoms with E-state index in [1.807, 2.05) is 30.3 Å². The molecule has 0 aliphatic rings. The van der Waals surface area contributed by atoms with E-state index in [1.54, 1.807) is 17.5 Å². The number of pyridine rings is 1. The highest BCUT2D eigenvalue weighted by molar-refractivity contribution is 7.03. The molecule has 2 aromatic heterocycles. The standard InChI is InChI=1S/C23H17ClF4N4S/c24-18-6-7-21(29-12-18)22(11-15-4-2-1-3-5-15,30-13-20-14-33-32-31-20)16-8-17(23(26,27)28)10-19(25)9-16/h1-10,12,14,30H,11,13H2. The smallest absolute Gasteiger partial charge is 0.296 e. The Morgan fingerprint density at radius 2 is 1.73 bits per heavy atom. The van der Waals surface area contributed by atoms with E-state index in [0.717, 1.165) is 29.2 Å². The van der Waals surface area contributed by atoms with Gasteiger partial charge in [-0.2, -0.15) is 13.2 Å². The third-order valence-corrected chi connectivity index (χ3v) is 5.95. The van der Waals surface area contributed by atoms with E-state index < -0.39 is 23.1 Å². The highest BCUT2D eigenvalue weighted by Crippen LogP contribution is 2.38. The molecule has 2 heterocycles. The molecule has 0 bridgehead atoms. The van der Waals surface area contributed by atoms with Crippen LogP contribution < -0.4 is 5.32 Å². The number of hydrogen-bond donors (Lipinski definition) is 1. The quantitative estimate of drug-likeness (QED) is 0.320. The topological polar surface area (TPSA) is 50.7 Å². The molecule has 0 aliphatic carbocycles. The van der Waals surface area contributed by atoms with Crippen LogP contribution in [-0.2, 0) is 24.7 Å². The lowest BCUT2D eigenvalue weighted by atomic mass is 9.79. The molecule has 0 saturated carbocycles. The summed E-state index contributed by atoms with van der Waals surface area (Å²) in [5.41, 5.74) is -0.525. The van der Waals surface area contributed by atoms with Crippen molar-refractivity contribution in [3.8, 4) is 0 Å². The first kappa shape index (κ1) is 23.3. The number of nitrogens with zero attached hydrogens (tertiary/aromatic N) is 3. The van der Waals surface area contributed by atoms with Crippen molar-refractivity contribution in [2.24, 2.45) is 0 Å². The third-order valence-electron chi connectivity index (χ3n) is 5.17. The predicted octanol–water partition coefficient (Wildman–Crippen LogP) is 6.02. The lowest BCUT2D eigenvalue weighted by Crippen LogP contribution is -2.46. The molecule has 1 unspecified atom stereocenters. The Hall–Kier alpha value is -2.88. The monoisotopic (exact) mass is 492 g/mol. The van der Waals surface area contributed by atoms with Gasteiger partial charge in [-0.15, -0.1) is 5.10 Å². The summed E-state index contributed by atoms with van der Waals surface area (Å²) in [7, 11) is 0. The van der Waals surface area contributed by atoms with Crippen LogP contribution in [0.2, 0.25) is 5.02 Å². The zero-order valence-electron chi connectivity index (χ0n) is 17.0. The van der Waals surface area contributed by atoms with E-state index in [-0.39, 0.29) is 18.5 Å². The lowest BCUT2D eigenvalue weighted by molar-refractivity contribution is -0.137. The molecule has 4 nitrogen and oxygen atoms in total. The summed E-state index contributed by atoms with van der Waals surface area (Å²) in [6.07, 6.45) is -3.12. The fraction of sp³-hybridized carbons (Fsp3) is 0.174. The van der Waals surface area contributed by atoms with Gasteiger partial charge < -0.3 is 0 Å². The Balaban J connectivity index is 1.93. The molecule has 0 fully saturated rings. The fourth-order valence-electron chi connectivity index (χ4n) is 3.63. The molecule has 2 aromatic carbocycles. The van der Waals surface area contributed by atoms with Gasteiger partial charge in [-0.25, -0.2) is 4.39 Å². The minimum absolute atomic E-state index is 0.0803. The van der Waals surface area contributed by atoms with Gasteiger partial charge in [-0.3, -0.25) is 10.3 Å². The van der Waals surface area contributed by atoms with Gasteiger partial charge in [-0.1, -0.05) is 46.4 Å². The number of aromatic nitrogens is 3. The number of nitrogens with one attached hydrogen (secondary N) is 1. The van der Waals surface area contributed by atoms with Crippen LogP contribution in [0.5, 0.6) is 0 Å². The van der Waals surface area contributed by atoms with Crippen LogP contribution in [0.1, 0.15) is 28.1 Å². The molecule has 0 amide bonds. The summed E-state index contributed by atoms with van der Waals surface area (Å²) in [4.78, 5) is 4.41. The van der Waals surface area contributed by atoms with E-state index in [0.29, 0.717) is 22.5 Å². The van der Waals surface area contributed by atoms with Gasteiger partial charge in [0.15, 0.2) is 0 Å². The van der Waals surface area contributed by atoms with E-state index >= 15 is 0 Å². The Morgan fingerprint density at radius 1 is 0.970 bits per heavy atom. The van der Waals surface area contributed by atoms with E-state index in [4.69, 9.17) is 11.6 Å². The van der Waals surface area contributed by atoms with Gasteiger partial charge in [0.25, 0.3) is 0 Å². The summed E-state index contributed by atoms with van der Waals surface area (Å²) in [6.45, 7) is 0.172. The maximum Gasteiger partial charge on any atom is 0.416 e. The van der Waals surface area contributed by atoms with Gasteiger partial charge in [-0.05, 0) is 53.0 Å². The molecule has 4 aromatic rings. The zero-order chi connectivity index (χ0) is 23.5. The second-order valence-corrected chi connectivity index (χ2v) is 8.45. The minimum atomic E-state index is -4.72. The maximum absolute atomic E-state index is 14.5. The Morgan fingerprint density at radius 3 is 2.36 bits per heavy atom. The van der Waals surface area contributed by atoms with Crippen molar-refractivity contribution in [2.45, 2.75) is 24.7 Å². The summed E-state index contributed by atoms with van der Waals surface area (Å²) in [5, 5.41) is 9.41. The number of hydrogen-bond acceptors (Lipinski definition) is 5. The van der Waals surface area contributed by atoms with Crippen molar-refractivity contribution in [1.29, 1.82) is 0 Å². The molecule has 0 saturated heterocycles. The Kier molecular flexibility index (Phi) is 6.73. The Labute approximate surface area is 196 Å². The first-order chi connectivity index (χ1) is 15.8. The van der Waals surface area contributed by atoms with Gasteiger partial charge >= 0.3 is 6.18 Å². The minimum Gasteiger partial charge on any atom is -0.296 e. The summed E-state index contributed by atoms with van der Waals surface area (Å²) >= 11 is 7.18. The largest absolute Gasteiger partial charge is 0.416 e. The summed E-state index contributed by atoms with van der Waals surface area (Å²) in [5.74, 6) is -0.997. The van der Waals surface area contributed by atoms with Crippen LogP contribution >= 0.6 is 23.1 Å². The molecule has 0 radical (unpaired) electrons. The average molecular weight is 493 g/mol. The molecule has 0 spiro atoms. The van der Waals surface area contributed by atoms with Gasteiger partial charge in [0.2, 0.25) is 0 Å². The first-order valence-corrected chi connectivity index (χ1v) is 11.0. The molecule has 4 rings (SSSR count). The molecule has 0 aliphatic heterocycles. The van der Waals surface area contributed by atoms with E-state index in [1.165, 1.54) is 6.20 Å². The molecule has 33 heavy (non-hydrogen) atoms. The molecule has 1 atom stereocenters. The lowest BCUT2D eigenvalue weighted by Gasteiger charge is -2.36. The van der Waals surface area contributed by atoms with Gasteiger partial charge in [0.1, 0.15) is 5.82 Å². The first-order valence-electron chi connectivity index (χ1n) is 9.81. The van der Waals surface area contributed by atoms with E-state index in [2.05, 4.69) is 19.9 Å². The van der Waals surface area contributed by atoms with Crippen molar-refractivity contribution < 1.29 is 17.6 Å². The van der Waals surface area contributed by atoms with Gasteiger partial charge in [0, 0.05) is 24.5 Å². The second-order valence-electron chi connectivity index (χ2n) is 7.41. The number of halogens is 5. The van der Waals surface area contributed by atoms with Crippen LogP contribution in [0.25, 0.3) is 0 Å². The third kappa shape index (κ3) is 5.38. The fourth-order valence-corrected chi connectivity index (χ4v) is 4.19. The molecular formula is C23H17ClF4N4S. The highest BCUT2D eigenvalue weighted by Gasteiger charge is 2.39. The highest BCUT2D eigenvalue weighted by atomic mass is 35.5. The summed E-state index contributed by atoms with van der Waals surface area (Å²) < 4.78 is 59.1. The van der Waals surface area contributed by atoms with Crippen molar-refractivity contribution >= 4 is 23.1 Å². The van der Waals surface area contributed by atoms with Crippen molar-refractivity contribution in [3.05, 3.63) is 111 Å². The van der Waals surface area contributed by atoms with Crippen LogP contribution in [0.15, 0.2) is 72.2 Å². The average Bonchev–Trinajstić information content (AvgIpc) is 3.31. The van der Waals surface area contributed by atoms with Crippen molar-refractivity contribution in [1.82, 2.24) is 19.9 Å². The van der Waals surface area contributed by atoms with Crippen LogP contribution in [0.4, 0.5) is 17.6 Å². The predicted molar refractivity (Wildman–Crippen MR) is 118 cm³/mol. The molecule has 1 N–H and O–H groups in total. The molecular weight excluding hydrogens is 476 g/mol. The second kappa shape index (κ2) is 9.54. The number of alkyl halides is 3. The SMILES string of the molecule is Fc1cc(C(F)(F)F)cc(C(Cc2ccccc2)(NCc2csnn2)c2ccc(Cl)cn2)c1. The van der Waals surface area contributed by atoms with Crippen molar-refractivity contribution in [2.75, 3.05) is 0 Å². The maximum atomic E-state index is 14.5. The molecule has 170 valence electrons. The zero-order valence-corrected chi connectivity index (χ0v) is 18.6. The number of benzene rings is 2. The van der Waals surface area contributed by atoms with Crippen molar-refractivity contribution in [3.63, 3.8) is 0 Å². The number of rotatable bonds is 7.